The molecule has 0 aliphatic heterocycles. The molecule has 4 N–H and O–H groups in total. The number of nitro groups is 1. The summed E-state index contributed by atoms with van der Waals surface area (Å²) in [6.45, 7) is 2.39. The number of nitrogens with two attached hydrogens (primary N) is 2. The van der Waals surface area contributed by atoms with Gasteiger partial charge in [-0.05, 0) is 35.7 Å². The number of hydrogen-bond donors (Lipinski definition) is 2. The van der Waals surface area contributed by atoms with Crippen LogP contribution < -0.4 is 21.1 Å². The highest BCUT2D eigenvalue weighted by Crippen LogP contribution is 2.36. The van der Waals surface area contributed by atoms with Gasteiger partial charge < -0.3 is 21.1 Å². The van der Waals surface area contributed by atoms with E-state index in [1.54, 1.807) is 26.3 Å². The fourth-order valence-electron chi connectivity index (χ4n) is 3.39. The van der Waals surface area contributed by atoms with Crippen LogP contribution in [0.3, 0.4) is 0 Å². The molecule has 0 atom stereocenters. The molecular weight excluding hydrogens is 384 g/mol. The summed E-state index contributed by atoms with van der Waals surface area (Å²) in [5.41, 5.74) is 15.0. The van der Waals surface area contributed by atoms with Crippen molar-refractivity contribution in [1.29, 1.82) is 0 Å². The minimum absolute atomic E-state index is 0.0313. The number of ether oxygens (including phenoxy) is 1. The Bertz CT molecular complexity index is 1090. The number of hydrogen-bond acceptors (Lipinski definition) is 8. The molecule has 156 valence electrons. The average Bonchev–Trinajstić information content (AvgIpc) is 2.72. The van der Waals surface area contributed by atoms with Crippen molar-refractivity contribution >= 4 is 23.1 Å². The first-order valence-corrected chi connectivity index (χ1v) is 9.38. The van der Waals surface area contributed by atoms with E-state index in [0.717, 1.165) is 11.3 Å². The molecule has 0 aliphatic rings. The van der Waals surface area contributed by atoms with E-state index in [1.807, 2.05) is 36.1 Å². The summed E-state index contributed by atoms with van der Waals surface area (Å²) in [5.74, 6) is 1.01. The standard InChI is InChI=1S/C21H24N6O3/c1-4-16-19(20(22)25-21(23)24-16)14-8-9-17(18(11-14)27(28)29)26(2)12-13-6-5-7-15(10-13)30-3/h5-11H,4,12H2,1-3H3,(H4,22,23,24,25). The maximum atomic E-state index is 11.8. The topological polar surface area (TPSA) is 133 Å². The smallest absolute Gasteiger partial charge is 0.293 e. The summed E-state index contributed by atoms with van der Waals surface area (Å²) in [4.78, 5) is 21.5. The number of nitrogen functional groups attached to an aromatic ring is 2. The van der Waals surface area contributed by atoms with Crippen molar-refractivity contribution in [2.24, 2.45) is 0 Å². The van der Waals surface area contributed by atoms with Crippen LogP contribution in [0.4, 0.5) is 23.1 Å². The second-order valence-corrected chi connectivity index (χ2v) is 6.81. The van der Waals surface area contributed by atoms with Gasteiger partial charge in [0.2, 0.25) is 5.95 Å². The third-order valence-electron chi connectivity index (χ3n) is 4.79. The van der Waals surface area contributed by atoms with Gasteiger partial charge >= 0.3 is 0 Å². The lowest BCUT2D eigenvalue weighted by molar-refractivity contribution is -0.384. The summed E-state index contributed by atoms with van der Waals surface area (Å²) in [6.07, 6.45) is 0.567. The average molecular weight is 408 g/mol. The molecule has 0 fully saturated rings. The van der Waals surface area contributed by atoms with E-state index in [4.69, 9.17) is 16.2 Å². The monoisotopic (exact) mass is 408 g/mol. The fraction of sp³-hybridized carbons (Fsp3) is 0.238. The van der Waals surface area contributed by atoms with Crippen molar-refractivity contribution in [3.8, 4) is 16.9 Å². The van der Waals surface area contributed by atoms with Crippen LogP contribution in [0.1, 0.15) is 18.2 Å². The van der Waals surface area contributed by atoms with Crippen LogP contribution in [-0.2, 0) is 13.0 Å². The van der Waals surface area contributed by atoms with Crippen molar-refractivity contribution in [3.05, 3.63) is 63.8 Å². The summed E-state index contributed by atoms with van der Waals surface area (Å²) < 4.78 is 5.25. The van der Waals surface area contributed by atoms with E-state index in [9.17, 15) is 10.1 Å². The van der Waals surface area contributed by atoms with Gasteiger partial charge in [0.1, 0.15) is 17.3 Å². The Morgan fingerprint density at radius 2 is 1.93 bits per heavy atom. The Balaban J connectivity index is 2.01. The lowest BCUT2D eigenvalue weighted by atomic mass is 10.0. The van der Waals surface area contributed by atoms with Gasteiger partial charge in [0.25, 0.3) is 5.69 Å². The molecule has 3 rings (SSSR count). The van der Waals surface area contributed by atoms with E-state index in [-0.39, 0.29) is 17.5 Å². The molecule has 0 spiro atoms. The Labute approximate surface area is 174 Å². The van der Waals surface area contributed by atoms with Crippen LogP contribution in [0.25, 0.3) is 11.1 Å². The predicted molar refractivity (Wildman–Crippen MR) is 117 cm³/mol. The van der Waals surface area contributed by atoms with Gasteiger partial charge in [-0.2, -0.15) is 4.98 Å². The van der Waals surface area contributed by atoms with Crippen molar-refractivity contribution in [2.75, 3.05) is 30.5 Å². The van der Waals surface area contributed by atoms with E-state index in [0.29, 0.717) is 35.5 Å². The molecule has 0 unspecified atom stereocenters. The lowest BCUT2D eigenvalue weighted by Gasteiger charge is -2.20. The van der Waals surface area contributed by atoms with E-state index < -0.39 is 4.92 Å². The Hall–Kier alpha value is -3.88. The molecule has 0 saturated heterocycles. The molecule has 9 nitrogen and oxygen atoms in total. The number of methoxy groups -OCH3 is 1. The van der Waals surface area contributed by atoms with Gasteiger partial charge in [-0.1, -0.05) is 25.1 Å². The summed E-state index contributed by atoms with van der Waals surface area (Å²) in [5, 5.41) is 11.8. The molecule has 2 aromatic carbocycles. The highest BCUT2D eigenvalue weighted by Gasteiger charge is 2.21. The van der Waals surface area contributed by atoms with Crippen LogP contribution in [0.2, 0.25) is 0 Å². The van der Waals surface area contributed by atoms with E-state index in [2.05, 4.69) is 9.97 Å². The predicted octanol–water partition coefficient (Wildman–Crippen LogP) is 3.42. The first-order valence-electron chi connectivity index (χ1n) is 9.38. The molecule has 0 amide bonds. The normalized spacial score (nSPS) is 10.6. The molecule has 1 aromatic heterocycles. The zero-order valence-electron chi connectivity index (χ0n) is 17.1. The third-order valence-corrected chi connectivity index (χ3v) is 4.79. The van der Waals surface area contributed by atoms with Crippen molar-refractivity contribution in [1.82, 2.24) is 9.97 Å². The molecule has 0 saturated carbocycles. The molecule has 9 heteroatoms. The maximum Gasteiger partial charge on any atom is 0.293 e. The second kappa shape index (κ2) is 8.64. The van der Waals surface area contributed by atoms with Crippen LogP contribution >= 0.6 is 0 Å². The number of aromatic nitrogens is 2. The summed E-state index contributed by atoms with van der Waals surface area (Å²) in [6, 6.07) is 12.6. The molecule has 3 aromatic rings. The van der Waals surface area contributed by atoms with Crippen LogP contribution in [0, 0.1) is 10.1 Å². The minimum Gasteiger partial charge on any atom is -0.497 e. The number of benzene rings is 2. The van der Waals surface area contributed by atoms with Crippen molar-refractivity contribution in [2.45, 2.75) is 19.9 Å². The zero-order chi connectivity index (χ0) is 21.8. The highest BCUT2D eigenvalue weighted by molar-refractivity contribution is 5.81. The second-order valence-electron chi connectivity index (χ2n) is 6.81. The molecule has 0 bridgehead atoms. The lowest BCUT2D eigenvalue weighted by Crippen LogP contribution is -2.17. The third kappa shape index (κ3) is 4.24. The quantitative estimate of drug-likeness (QED) is 0.449. The van der Waals surface area contributed by atoms with Gasteiger partial charge in [-0.15, -0.1) is 0 Å². The molecule has 0 aliphatic carbocycles. The Morgan fingerprint density at radius 3 is 2.60 bits per heavy atom. The number of aryl methyl sites for hydroxylation is 1. The van der Waals surface area contributed by atoms with Gasteiger partial charge in [-0.25, -0.2) is 4.98 Å². The maximum absolute atomic E-state index is 11.8. The van der Waals surface area contributed by atoms with Crippen LogP contribution in [-0.4, -0.2) is 29.0 Å². The SMILES string of the molecule is CCc1nc(N)nc(N)c1-c1ccc(N(C)Cc2cccc(OC)c2)c([N+](=O)[O-])c1. The van der Waals surface area contributed by atoms with E-state index >= 15 is 0 Å². The number of nitrogens with zero attached hydrogens (tertiary/aromatic N) is 4. The molecule has 30 heavy (non-hydrogen) atoms. The van der Waals surface area contributed by atoms with Crippen LogP contribution in [0.5, 0.6) is 5.75 Å². The number of anilines is 3. The molecule has 0 radical (unpaired) electrons. The largest absolute Gasteiger partial charge is 0.497 e. The van der Waals surface area contributed by atoms with Crippen molar-refractivity contribution < 1.29 is 9.66 Å². The number of rotatable bonds is 7. The summed E-state index contributed by atoms with van der Waals surface area (Å²) in [7, 11) is 3.41. The molecule has 1 heterocycles. The minimum atomic E-state index is -0.402. The van der Waals surface area contributed by atoms with Gasteiger partial charge in [0, 0.05) is 25.2 Å². The van der Waals surface area contributed by atoms with Gasteiger partial charge in [0.05, 0.1) is 17.7 Å². The Morgan fingerprint density at radius 1 is 1.17 bits per heavy atom. The first kappa shape index (κ1) is 20.8. The van der Waals surface area contributed by atoms with Crippen molar-refractivity contribution in [3.63, 3.8) is 0 Å². The van der Waals surface area contributed by atoms with E-state index in [1.165, 1.54) is 6.07 Å². The Kier molecular flexibility index (Phi) is 6.01. The molecular formula is C21H24N6O3. The summed E-state index contributed by atoms with van der Waals surface area (Å²) >= 11 is 0. The number of nitro benzene ring substituents is 1. The van der Waals surface area contributed by atoms with Gasteiger partial charge in [0.15, 0.2) is 0 Å². The van der Waals surface area contributed by atoms with Gasteiger partial charge in [-0.3, -0.25) is 10.1 Å². The first-order chi connectivity index (χ1) is 14.3. The highest BCUT2D eigenvalue weighted by atomic mass is 16.6. The van der Waals surface area contributed by atoms with Crippen LogP contribution in [0.15, 0.2) is 42.5 Å². The fourth-order valence-corrected chi connectivity index (χ4v) is 3.39. The zero-order valence-corrected chi connectivity index (χ0v) is 17.1.